The molecule has 2 heterocycles. The van der Waals surface area contributed by atoms with Crippen molar-refractivity contribution in [3.63, 3.8) is 0 Å². The Bertz CT molecular complexity index is 677. The molecule has 0 spiro atoms. The molecule has 170 valence electrons. The lowest BCUT2D eigenvalue weighted by molar-refractivity contribution is 0.0145. The molecule has 0 unspecified atom stereocenters. The van der Waals surface area contributed by atoms with Crippen molar-refractivity contribution in [2.75, 3.05) is 52.4 Å². The Labute approximate surface area is 185 Å². The minimum atomic E-state index is -0.441. The number of carbonyl (C=O) groups is 1. The van der Waals surface area contributed by atoms with Crippen LogP contribution < -0.4 is 10.6 Å². The van der Waals surface area contributed by atoms with Gasteiger partial charge in [-0.25, -0.2) is 9.78 Å². The summed E-state index contributed by atoms with van der Waals surface area (Å²) in [6, 6.07) is 0. The normalized spacial score (nSPS) is 15.9. The molecular formula is C21H38N6O2S. The number of guanidine groups is 1. The van der Waals surface area contributed by atoms with E-state index < -0.39 is 5.60 Å². The van der Waals surface area contributed by atoms with Crippen molar-refractivity contribution in [1.29, 1.82) is 0 Å². The summed E-state index contributed by atoms with van der Waals surface area (Å²) >= 11 is 1.69. The van der Waals surface area contributed by atoms with Gasteiger partial charge in [0.1, 0.15) is 5.60 Å². The second-order valence-corrected chi connectivity index (χ2v) is 9.52. The Morgan fingerprint density at radius 1 is 1.27 bits per heavy atom. The van der Waals surface area contributed by atoms with Crippen LogP contribution in [0.1, 0.15) is 44.8 Å². The maximum atomic E-state index is 12.1. The summed E-state index contributed by atoms with van der Waals surface area (Å²) in [6.45, 7) is 16.4. The van der Waals surface area contributed by atoms with Gasteiger partial charge in [0.2, 0.25) is 0 Å². The van der Waals surface area contributed by atoms with Crippen molar-refractivity contribution < 1.29 is 9.53 Å². The van der Waals surface area contributed by atoms with E-state index in [1.807, 2.05) is 27.7 Å². The van der Waals surface area contributed by atoms with Crippen LogP contribution >= 0.6 is 11.3 Å². The van der Waals surface area contributed by atoms with Crippen molar-refractivity contribution in [3.05, 3.63) is 16.1 Å². The van der Waals surface area contributed by atoms with E-state index in [9.17, 15) is 4.79 Å². The van der Waals surface area contributed by atoms with E-state index in [2.05, 4.69) is 37.8 Å². The molecular weight excluding hydrogens is 400 g/mol. The smallest absolute Gasteiger partial charge is 0.410 e. The molecule has 30 heavy (non-hydrogen) atoms. The highest BCUT2D eigenvalue weighted by Crippen LogP contribution is 2.12. The van der Waals surface area contributed by atoms with Crippen LogP contribution in [0.2, 0.25) is 0 Å². The Morgan fingerprint density at radius 3 is 2.60 bits per heavy atom. The van der Waals surface area contributed by atoms with Crippen molar-refractivity contribution >= 4 is 23.4 Å². The van der Waals surface area contributed by atoms with Crippen LogP contribution in [0, 0.1) is 6.92 Å². The summed E-state index contributed by atoms with van der Waals surface area (Å²) in [5.74, 6) is 0.860. The minimum Gasteiger partial charge on any atom is -0.444 e. The highest BCUT2D eigenvalue weighted by molar-refractivity contribution is 7.09. The predicted octanol–water partition coefficient (Wildman–Crippen LogP) is 2.49. The van der Waals surface area contributed by atoms with Crippen LogP contribution in [0.3, 0.4) is 0 Å². The monoisotopic (exact) mass is 438 g/mol. The fourth-order valence-electron chi connectivity index (χ4n) is 3.14. The number of hydrogen-bond acceptors (Lipinski definition) is 6. The van der Waals surface area contributed by atoms with E-state index in [0.717, 1.165) is 81.9 Å². The molecule has 1 aromatic heterocycles. The Morgan fingerprint density at radius 2 is 2.00 bits per heavy atom. The zero-order valence-corrected chi connectivity index (χ0v) is 20.0. The van der Waals surface area contributed by atoms with Gasteiger partial charge in [0.15, 0.2) is 5.96 Å². The quantitative estimate of drug-likeness (QED) is 0.369. The molecule has 9 heteroatoms. The summed E-state index contributed by atoms with van der Waals surface area (Å²) in [7, 11) is 0. The van der Waals surface area contributed by atoms with Gasteiger partial charge in [-0.2, -0.15) is 0 Å². The van der Waals surface area contributed by atoms with Crippen molar-refractivity contribution in [2.24, 2.45) is 4.99 Å². The fourth-order valence-corrected chi connectivity index (χ4v) is 3.79. The highest BCUT2D eigenvalue weighted by atomic mass is 32.1. The van der Waals surface area contributed by atoms with E-state index in [1.54, 1.807) is 16.2 Å². The van der Waals surface area contributed by atoms with Crippen LogP contribution in [0.15, 0.2) is 10.4 Å². The van der Waals surface area contributed by atoms with Gasteiger partial charge in [0.05, 0.1) is 10.7 Å². The molecule has 2 rings (SSSR count). The van der Waals surface area contributed by atoms with Gasteiger partial charge in [-0.1, -0.05) is 0 Å². The van der Waals surface area contributed by atoms with Gasteiger partial charge < -0.3 is 20.3 Å². The lowest BCUT2D eigenvalue weighted by Gasteiger charge is -2.35. The molecule has 1 aliphatic heterocycles. The first-order valence-corrected chi connectivity index (χ1v) is 11.8. The average Bonchev–Trinajstić information content (AvgIpc) is 3.09. The molecule has 1 amide bonds. The molecule has 1 aliphatic rings. The van der Waals surface area contributed by atoms with Crippen molar-refractivity contribution in [1.82, 2.24) is 25.4 Å². The number of thiazole rings is 1. The Hall–Kier alpha value is -1.87. The molecule has 0 bridgehead atoms. The standard InChI is InChI=1S/C21H38N6O2S/c1-6-22-19(24-10-8-18-16-30-17(2)25-18)23-9-7-11-26-12-14-27(15-13-26)20(28)29-21(3,4)5/h16H,6-15H2,1-5H3,(H2,22,23,24). The fraction of sp³-hybridized carbons (Fsp3) is 0.762. The zero-order chi connectivity index (χ0) is 22.0. The molecule has 1 saturated heterocycles. The first kappa shape index (κ1) is 24.4. The second kappa shape index (κ2) is 12.1. The number of piperazine rings is 1. The molecule has 1 aromatic rings. The number of aliphatic imine (C=N–C) groups is 1. The summed E-state index contributed by atoms with van der Waals surface area (Å²) in [6.07, 6.45) is 1.69. The van der Waals surface area contributed by atoms with E-state index in [1.165, 1.54) is 0 Å². The molecule has 0 radical (unpaired) electrons. The predicted molar refractivity (Wildman–Crippen MR) is 123 cm³/mol. The van der Waals surface area contributed by atoms with Gasteiger partial charge in [-0.3, -0.25) is 9.89 Å². The summed E-state index contributed by atoms with van der Waals surface area (Å²) < 4.78 is 5.46. The second-order valence-electron chi connectivity index (χ2n) is 8.46. The van der Waals surface area contributed by atoms with Crippen molar-refractivity contribution in [3.8, 4) is 0 Å². The molecule has 0 aliphatic carbocycles. The summed E-state index contributed by atoms with van der Waals surface area (Å²) in [5.41, 5.74) is 0.690. The maximum absolute atomic E-state index is 12.1. The topological polar surface area (TPSA) is 82.1 Å². The Kier molecular flexibility index (Phi) is 9.84. The lowest BCUT2D eigenvalue weighted by Crippen LogP contribution is -2.50. The number of amides is 1. The lowest BCUT2D eigenvalue weighted by atomic mass is 10.2. The zero-order valence-electron chi connectivity index (χ0n) is 19.2. The first-order chi connectivity index (χ1) is 14.3. The van der Waals surface area contributed by atoms with Gasteiger partial charge in [-0.05, 0) is 41.0 Å². The summed E-state index contributed by atoms with van der Waals surface area (Å²) in [5, 5.41) is 9.91. The van der Waals surface area contributed by atoms with E-state index >= 15 is 0 Å². The molecule has 8 nitrogen and oxygen atoms in total. The molecule has 0 atom stereocenters. The molecule has 1 fully saturated rings. The van der Waals surface area contributed by atoms with Crippen LogP contribution in [0.5, 0.6) is 0 Å². The number of carbonyl (C=O) groups excluding carboxylic acids is 1. The number of nitrogens with zero attached hydrogens (tertiary/aromatic N) is 4. The van der Waals surface area contributed by atoms with E-state index in [-0.39, 0.29) is 6.09 Å². The maximum Gasteiger partial charge on any atom is 0.410 e. The third kappa shape index (κ3) is 9.30. The van der Waals surface area contributed by atoms with Gasteiger partial charge >= 0.3 is 6.09 Å². The van der Waals surface area contributed by atoms with Crippen LogP contribution in [0.4, 0.5) is 4.79 Å². The van der Waals surface area contributed by atoms with Crippen LogP contribution in [-0.2, 0) is 11.2 Å². The SMILES string of the molecule is CCNC(=NCCCN1CCN(C(=O)OC(C)(C)C)CC1)NCCc1csc(C)n1. The minimum absolute atomic E-state index is 0.207. The highest BCUT2D eigenvalue weighted by Gasteiger charge is 2.25. The number of rotatable bonds is 8. The number of nitrogens with one attached hydrogen (secondary N) is 2. The first-order valence-electron chi connectivity index (χ1n) is 10.9. The largest absolute Gasteiger partial charge is 0.444 e. The average molecular weight is 439 g/mol. The van der Waals surface area contributed by atoms with Crippen LogP contribution in [0.25, 0.3) is 0 Å². The van der Waals surface area contributed by atoms with E-state index in [0.29, 0.717) is 0 Å². The third-order valence-electron chi connectivity index (χ3n) is 4.61. The number of ether oxygens (including phenoxy) is 1. The molecule has 0 aromatic carbocycles. The van der Waals surface area contributed by atoms with Crippen molar-refractivity contribution in [2.45, 2.75) is 53.1 Å². The van der Waals surface area contributed by atoms with Gasteiger partial charge in [-0.15, -0.1) is 11.3 Å². The molecule has 0 saturated carbocycles. The van der Waals surface area contributed by atoms with Gasteiger partial charge in [0.25, 0.3) is 0 Å². The summed E-state index contributed by atoms with van der Waals surface area (Å²) in [4.78, 5) is 25.5. The number of hydrogen-bond donors (Lipinski definition) is 2. The van der Waals surface area contributed by atoms with Gasteiger partial charge in [0, 0.05) is 64.2 Å². The Balaban J connectivity index is 1.64. The van der Waals surface area contributed by atoms with E-state index in [4.69, 9.17) is 4.74 Å². The number of aryl methyl sites for hydroxylation is 1. The number of aromatic nitrogens is 1. The molecule has 2 N–H and O–H groups in total. The van der Waals surface area contributed by atoms with Crippen LogP contribution in [-0.4, -0.2) is 84.8 Å². The third-order valence-corrected chi connectivity index (χ3v) is 5.43.